The number of hydrogen-bond acceptors (Lipinski definition) is 3. The second-order valence-corrected chi connectivity index (χ2v) is 4.70. The van der Waals surface area contributed by atoms with E-state index in [1.807, 2.05) is 0 Å². The Labute approximate surface area is 85.7 Å². The molecular weight excluding hydrogens is 176 g/mol. The third kappa shape index (κ3) is 1.76. The molecule has 0 radical (unpaired) electrons. The van der Waals surface area contributed by atoms with Gasteiger partial charge < -0.3 is 10.3 Å². The van der Waals surface area contributed by atoms with E-state index in [-0.39, 0.29) is 5.41 Å². The first kappa shape index (κ1) is 11.1. The number of anilines is 1. The van der Waals surface area contributed by atoms with Gasteiger partial charge in [0, 0.05) is 11.0 Å². The summed E-state index contributed by atoms with van der Waals surface area (Å²) in [5.41, 5.74) is 7.88. The van der Waals surface area contributed by atoms with Gasteiger partial charge in [0.05, 0.1) is 5.69 Å². The van der Waals surface area contributed by atoms with Gasteiger partial charge in [0.1, 0.15) is 0 Å². The van der Waals surface area contributed by atoms with Crippen molar-refractivity contribution < 1.29 is 4.52 Å². The van der Waals surface area contributed by atoms with Gasteiger partial charge in [-0.25, -0.2) is 0 Å². The van der Waals surface area contributed by atoms with E-state index in [4.69, 9.17) is 10.3 Å². The SMILES string of the molecule is CCC(C)(C)c1noc(N)c1C(C)C. The maximum absolute atomic E-state index is 5.76. The molecule has 0 atom stereocenters. The molecule has 0 aliphatic heterocycles. The van der Waals surface area contributed by atoms with Crippen LogP contribution in [-0.2, 0) is 5.41 Å². The molecule has 0 aliphatic carbocycles. The number of aromatic nitrogens is 1. The van der Waals surface area contributed by atoms with Crippen LogP contribution in [0.25, 0.3) is 0 Å². The molecule has 0 aromatic carbocycles. The number of nitrogen functional groups attached to an aromatic ring is 1. The Hall–Kier alpha value is -0.990. The average molecular weight is 196 g/mol. The maximum Gasteiger partial charge on any atom is 0.225 e. The Morgan fingerprint density at radius 3 is 2.43 bits per heavy atom. The molecule has 3 heteroatoms. The minimum Gasteiger partial charge on any atom is -0.367 e. The van der Waals surface area contributed by atoms with Crippen molar-refractivity contribution in [1.29, 1.82) is 0 Å². The summed E-state index contributed by atoms with van der Waals surface area (Å²) >= 11 is 0. The second-order valence-electron chi connectivity index (χ2n) is 4.70. The predicted octanol–water partition coefficient (Wildman–Crippen LogP) is 3.07. The number of hydrogen-bond donors (Lipinski definition) is 1. The van der Waals surface area contributed by atoms with Crippen LogP contribution in [0.4, 0.5) is 5.88 Å². The molecule has 0 unspecified atom stereocenters. The maximum atomic E-state index is 5.76. The molecular formula is C11H20N2O. The summed E-state index contributed by atoms with van der Waals surface area (Å²) in [4.78, 5) is 0. The normalized spacial score (nSPS) is 12.4. The Morgan fingerprint density at radius 1 is 1.43 bits per heavy atom. The molecule has 0 saturated heterocycles. The van der Waals surface area contributed by atoms with Crippen molar-refractivity contribution in [3.8, 4) is 0 Å². The molecule has 14 heavy (non-hydrogen) atoms. The molecule has 0 aliphatic rings. The van der Waals surface area contributed by atoms with Crippen LogP contribution in [0.3, 0.4) is 0 Å². The summed E-state index contributed by atoms with van der Waals surface area (Å²) < 4.78 is 5.07. The molecule has 3 nitrogen and oxygen atoms in total. The Morgan fingerprint density at radius 2 is 2.00 bits per heavy atom. The van der Waals surface area contributed by atoms with E-state index in [2.05, 4.69) is 39.8 Å². The lowest BCUT2D eigenvalue weighted by Crippen LogP contribution is -2.18. The van der Waals surface area contributed by atoms with Gasteiger partial charge in [0.25, 0.3) is 0 Å². The third-order valence-corrected chi connectivity index (χ3v) is 2.86. The van der Waals surface area contributed by atoms with Crippen LogP contribution in [-0.4, -0.2) is 5.16 Å². The minimum absolute atomic E-state index is 0.0424. The van der Waals surface area contributed by atoms with E-state index in [1.165, 1.54) is 0 Å². The lowest BCUT2D eigenvalue weighted by Gasteiger charge is -2.21. The zero-order chi connectivity index (χ0) is 10.9. The molecule has 80 valence electrons. The van der Waals surface area contributed by atoms with Crippen LogP contribution in [0.2, 0.25) is 0 Å². The standard InChI is InChI=1S/C11H20N2O/c1-6-11(4,5)9-8(7(2)3)10(12)14-13-9/h7H,6,12H2,1-5H3. The van der Waals surface area contributed by atoms with E-state index in [0.717, 1.165) is 17.7 Å². The van der Waals surface area contributed by atoms with E-state index in [0.29, 0.717) is 11.8 Å². The largest absolute Gasteiger partial charge is 0.367 e. The molecule has 1 aromatic heterocycles. The monoisotopic (exact) mass is 196 g/mol. The van der Waals surface area contributed by atoms with Crippen LogP contribution in [0.5, 0.6) is 0 Å². The lowest BCUT2D eigenvalue weighted by molar-refractivity contribution is 0.391. The van der Waals surface area contributed by atoms with Crippen molar-refractivity contribution in [2.24, 2.45) is 0 Å². The van der Waals surface area contributed by atoms with E-state index in [9.17, 15) is 0 Å². The van der Waals surface area contributed by atoms with Gasteiger partial charge in [-0.3, -0.25) is 0 Å². The first-order valence-corrected chi connectivity index (χ1v) is 5.15. The zero-order valence-electron chi connectivity index (χ0n) is 9.72. The summed E-state index contributed by atoms with van der Waals surface area (Å²) in [6, 6.07) is 0. The Kier molecular flexibility index (Phi) is 2.88. The van der Waals surface area contributed by atoms with Crippen LogP contribution in [0.1, 0.15) is 58.2 Å². The Bertz CT molecular complexity index is 313. The fraction of sp³-hybridized carbons (Fsp3) is 0.727. The van der Waals surface area contributed by atoms with Gasteiger partial charge in [-0.05, 0) is 12.3 Å². The zero-order valence-corrected chi connectivity index (χ0v) is 9.72. The topological polar surface area (TPSA) is 52.0 Å². The van der Waals surface area contributed by atoms with Gasteiger partial charge in [-0.15, -0.1) is 0 Å². The predicted molar refractivity (Wildman–Crippen MR) is 58.3 cm³/mol. The van der Waals surface area contributed by atoms with Crippen molar-refractivity contribution in [3.63, 3.8) is 0 Å². The van der Waals surface area contributed by atoms with Crippen LogP contribution >= 0.6 is 0 Å². The first-order valence-electron chi connectivity index (χ1n) is 5.15. The van der Waals surface area contributed by atoms with E-state index < -0.39 is 0 Å². The fourth-order valence-electron chi connectivity index (χ4n) is 1.52. The molecule has 0 amide bonds. The molecule has 0 fully saturated rings. The second kappa shape index (κ2) is 3.64. The average Bonchev–Trinajstić information content (AvgIpc) is 2.47. The van der Waals surface area contributed by atoms with Gasteiger partial charge in [0.15, 0.2) is 0 Å². The van der Waals surface area contributed by atoms with Crippen LogP contribution in [0.15, 0.2) is 4.52 Å². The number of nitrogens with zero attached hydrogens (tertiary/aromatic N) is 1. The van der Waals surface area contributed by atoms with Crippen LogP contribution < -0.4 is 5.73 Å². The van der Waals surface area contributed by atoms with Crippen molar-refractivity contribution in [1.82, 2.24) is 5.16 Å². The summed E-state index contributed by atoms with van der Waals surface area (Å²) in [5.74, 6) is 0.832. The lowest BCUT2D eigenvalue weighted by atomic mass is 9.82. The molecule has 2 N–H and O–H groups in total. The first-order chi connectivity index (χ1) is 6.40. The minimum atomic E-state index is 0.0424. The number of rotatable bonds is 3. The molecule has 0 bridgehead atoms. The summed E-state index contributed by atoms with van der Waals surface area (Å²) in [6.07, 6.45) is 1.03. The van der Waals surface area contributed by atoms with E-state index in [1.54, 1.807) is 0 Å². The number of nitrogens with two attached hydrogens (primary N) is 1. The Balaban J connectivity index is 3.22. The summed E-state index contributed by atoms with van der Waals surface area (Å²) in [5, 5.41) is 4.08. The highest BCUT2D eigenvalue weighted by Crippen LogP contribution is 2.35. The van der Waals surface area contributed by atoms with Crippen LogP contribution in [0, 0.1) is 0 Å². The van der Waals surface area contributed by atoms with Crippen molar-refractivity contribution in [2.45, 2.75) is 52.4 Å². The van der Waals surface area contributed by atoms with Crippen molar-refractivity contribution in [2.75, 3.05) is 5.73 Å². The quantitative estimate of drug-likeness (QED) is 0.808. The molecule has 1 heterocycles. The molecule has 0 spiro atoms. The third-order valence-electron chi connectivity index (χ3n) is 2.86. The summed E-state index contributed by atoms with van der Waals surface area (Å²) in [7, 11) is 0. The van der Waals surface area contributed by atoms with Gasteiger partial charge in [-0.1, -0.05) is 39.8 Å². The smallest absolute Gasteiger partial charge is 0.225 e. The van der Waals surface area contributed by atoms with Crippen molar-refractivity contribution in [3.05, 3.63) is 11.3 Å². The van der Waals surface area contributed by atoms with Crippen molar-refractivity contribution >= 4 is 5.88 Å². The van der Waals surface area contributed by atoms with Gasteiger partial charge in [-0.2, -0.15) is 0 Å². The summed E-state index contributed by atoms with van der Waals surface area (Å²) in [6.45, 7) is 10.7. The highest BCUT2D eigenvalue weighted by molar-refractivity contribution is 5.44. The van der Waals surface area contributed by atoms with Gasteiger partial charge in [0.2, 0.25) is 5.88 Å². The van der Waals surface area contributed by atoms with Gasteiger partial charge >= 0.3 is 0 Å². The highest BCUT2D eigenvalue weighted by Gasteiger charge is 2.28. The highest BCUT2D eigenvalue weighted by atomic mass is 16.5. The molecule has 1 rings (SSSR count). The molecule has 1 aromatic rings. The fourth-order valence-corrected chi connectivity index (χ4v) is 1.52. The molecule has 0 saturated carbocycles. The van der Waals surface area contributed by atoms with E-state index >= 15 is 0 Å².